The molecule has 3 N–H and O–H groups in total. The molecule has 1 amide bonds. The molecule has 0 spiro atoms. The fourth-order valence-corrected chi connectivity index (χ4v) is 4.57. The van der Waals surface area contributed by atoms with Crippen LogP contribution in [0.5, 0.6) is 0 Å². The topological polar surface area (TPSA) is 64.4 Å². The minimum Gasteiger partial charge on any atom is -0.381 e. The van der Waals surface area contributed by atoms with Crippen LogP contribution in [0.15, 0.2) is 0 Å². The van der Waals surface area contributed by atoms with E-state index in [-0.39, 0.29) is 22.8 Å². The van der Waals surface area contributed by atoms with Crippen molar-refractivity contribution in [2.24, 2.45) is 22.0 Å². The average molecular weight is 296 g/mol. The Balaban J connectivity index is 2.04. The summed E-state index contributed by atoms with van der Waals surface area (Å²) < 4.78 is 5.40. The first-order chi connectivity index (χ1) is 9.68. The van der Waals surface area contributed by atoms with E-state index in [1.54, 1.807) is 0 Å². The molecule has 1 aliphatic carbocycles. The molecule has 1 saturated carbocycles. The zero-order chi connectivity index (χ0) is 15.7. The third-order valence-corrected chi connectivity index (χ3v) is 5.21. The zero-order valence-electron chi connectivity index (χ0n) is 14.1. The number of rotatable bonds is 3. The van der Waals surface area contributed by atoms with Crippen molar-refractivity contribution in [2.45, 2.75) is 65.8 Å². The lowest BCUT2D eigenvalue weighted by molar-refractivity contribution is -0.137. The van der Waals surface area contributed by atoms with Gasteiger partial charge in [-0.25, -0.2) is 0 Å². The van der Waals surface area contributed by atoms with Crippen LogP contribution in [0.4, 0.5) is 0 Å². The van der Waals surface area contributed by atoms with Crippen molar-refractivity contribution in [3.63, 3.8) is 0 Å². The molecule has 1 saturated heterocycles. The minimum atomic E-state index is -0.413. The van der Waals surface area contributed by atoms with Crippen molar-refractivity contribution >= 4 is 5.91 Å². The Morgan fingerprint density at radius 1 is 1.14 bits per heavy atom. The summed E-state index contributed by atoms with van der Waals surface area (Å²) >= 11 is 0. The number of hydrogen-bond donors (Lipinski definition) is 2. The molecule has 2 fully saturated rings. The summed E-state index contributed by atoms with van der Waals surface area (Å²) in [7, 11) is 0. The van der Waals surface area contributed by atoms with Crippen LogP contribution >= 0.6 is 0 Å². The van der Waals surface area contributed by atoms with E-state index in [9.17, 15) is 4.79 Å². The Bertz CT molecular complexity index is 368. The molecular formula is C17H32N2O2. The number of ether oxygens (including phenoxy) is 1. The molecule has 122 valence electrons. The SMILES string of the molecule is CC1(C)CC(NC(=O)C2(CN)CCOCC2)CC(C)(C)C1. The predicted octanol–water partition coefficient (Wildman–Crippen LogP) is 2.46. The van der Waals surface area contributed by atoms with E-state index in [0.29, 0.717) is 19.8 Å². The Hall–Kier alpha value is -0.610. The van der Waals surface area contributed by atoms with E-state index in [1.807, 2.05) is 0 Å². The van der Waals surface area contributed by atoms with Gasteiger partial charge in [-0.3, -0.25) is 4.79 Å². The molecule has 0 aromatic carbocycles. The van der Waals surface area contributed by atoms with E-state index < -0.39 is 5.41 Å². The lowest BCUT2D eigenvalue weighted by Gasteiger charge is -2.46. The van der Waals surface area contributed by atoms with E-state index >= 15 is 0 Å². The molecule has 1 aliphatic heterocycles. The number of amides is 1. The molecule has 4 heteroatoms. The van der Waals surface area contributed by atoms with E-state index in [2.05, 4.69) is 33.0 Å². The van der Waals surface area contributed by atoms with Gasteiger partial charge >= 0.3 is 0 Å². The molecule has 21 heavy (non-hydrogen) atoms. The number of hydrogen-bond acceptors (Lipinski definition) is 3. The third kappa shape index (κ3) is 3.98. The highest BCUT2D eigenvalue weighted by Crippen LogP contribution is 2.46. The second-order valence-electron chi connectivity index (χ2n) is 8.68. The Labute approximate surface area is 129 Å². The maximum Gasteiger partial charge on any atom is 0.227 e. The van der Waals surface area contributed by atoms with E-state index in [1.165, 1.54) is 6.42 Å². The monoisotopic (exact) mass is 296 g/mol. The lowest BCUT2D eigenvalue weighted by atomic mass is 9.63. The average Bonchev–Trinajstić information content (AvgIpc) is 2.35. The van der Waals surface area contributed by atoms with Gasteiger partial charge in [0, 0.05) is 25.8 Å². The van der Waals surface area contributed by atoms with Crippen molar-refractivity contribution in [2.75, 3.05) is 19.8 Å². The van der Waals surface area contributed by atoms with Crippen LogP contribution in [0.2, 0.25) is 0 Å². The van der Waals surface area contributed by atoms with Crippen molar-refractivity contribution < 1.29 is 9.53 Å². The maximum absolute atomic E-state index is 12.8. The van der Waals surface area contributed by atoms with E-state index in [0.717, 1.165) is 25.7 Å². The van der Waals surface area contributed by atoms with Gasteiger partial charge in [0.1, 0.15) is 0 Å². The molecule has 1 heterocycles. The Kier molecular flexibility index (Phi) is 4.69. The van der Waals surface area contributed by atoms with Gasteiger partial charge in [0.2, 0.25) is 5.91 Å². The molecule has 4 nitrogen and oxygen atoms in total. The molecule has 2 aliphatic rings. The second-order valence-corrected chi connectivity index (χ2v) is 8.68. The molecule has 0 aromatic rings. The summed E-state index contributed by atoms with van der Waals surface area (Å²) in [6.07, 6.45) is 4.81. The van der Waals surface area contributed by atoms with Crippen LogP contribution in [0.3, 0.4) is 0 Å². The first-order valence-corrected chi connectivity index (χ1v) is 8.27. The summed E-state index contributed by atoms with van der Waals surface area (Å²) in [5.41, 5.74) is 6.09. The maximum atomic E-state index is 12.8. The van der Waals surface area contributed by atoms with E-state index in [4.69, 9.17) is 10.5 Å². The van der Waals surface area contributed by atoms with Crippen molar-refractivity contribution in [3.8, 4) is 0 Å². The van der Waals surface area contributed by atoms with Crippen LogP contribution in [0, 0.1) is 16.2 Å². The van der Waals surface area contributed by atoms with Gasteiger partial charge in [-0.2, -0.15) is 0 Å². The Morgan fingerprint density at radius 2 is 1.67 bits per heavy atom. The highest BCUT2D eigenvalue weighted by Gasteiger charge is 2.43. The summed E-state index contributed by atoms with van der Waals surface area (Å²) in [6.45, 7) is 10.9. The summed E-state index contributed by atoms with van der Waals surface area (Å²) in [4.78, 5) is 12.8. The van der Waals surface area contributed by atoms with Gasteiger partial charge in [-0.15, -0.1) is 0 Å². The fourth-order valence-electron chi connectivity index (χ4n) is 4.57. The standard InChI is InChI=1S/C17H32N2O2/c1-15(2)9-13(10-16(3,4)11-15)19-14(20)17(12-18)5-7-21-8-6-17/h13H,5-12,18H2,1-4H3,(H,19,20). The van der Waals surface area contributed by atoms with Gasteiger partial charge in [0.25, 0.3) is 0 Å². The van der Waals surface area contributed by atoms with Crippen molar-refractivity contribution in [1.29, 1.82) is 0 Å². The number of nitrogens with one attached hydrogen (secondary N) is 1. The van der Waals surface area contributed by atoms with Crippen LogP contribution < -0.4 is 11.1 Å². The number of carbonyl (C=O) groups is 1. The van der Waals surface area contributed by atoms with Gasteiger partial charge in [0.05, 0.1) is 5.41 Å². The molecule has 2 rings (SSSR count). The fraction of sp³-hybridized carbons (Fsp3) is 0.941. The van der Waals surface area contributed by atoms with Crippen LogP contribution in [-0.2, 0) is 9.53 Å². The highest BCUT2D eigenvalue weighted by atomic mass is 16.5. The van der Waals surface area contributed by atoms with Crippen LogP contribution in [0.25, 0.3) is 0 Å². The van der Waals surface area contributed by atoms with Crippen LogP contribution in [-0.4, -0.2) is 31.7 Å². The van der Waals surface area contributed by atoms with Crippen molar-refractivity contribution in [1.82, 2.24) is 5.32 Å². The first-order valence-electron chi connectivity index (χ1n) is 8.27. The van der Waals surface area contributed by atoms with Gasteiger partial charge in [-0.05, 0) is 42.9 Å². The summed E-state index contributed by atoms with van der Waals surface area (Å²) in [5, 5.41) is 3.32. The molecule has 0 radical (unpaired) electrons. The quantitative estimate of drug-likeness (QED) is 0.841. The molecule has 0 unspecified atom stereocenters. The summed E-state index contributed by atoms with van der Waals surface area (Å²) in [6, 6.07) is 0.266. The molecular weight excluding hydrogens is 264 g/mol. The largest absolute Gasteiger partial charge is 0.381 e. The second kappa shape index (κ2) is 5.88. The highest BCUT2D eigenvalue weighted by molar-refractivity contribution is 5.83. The number of carbonyl (C=O) groups excluding carboxylic acids is 1. The zero-order valence-corrected chi connectivity index (χ0v) is 14.1. The van der Waals surface area contributed by atoms with Crippen LogP contribution in [0.1, 0.15) is 59.8 Å². The van der Waals surface area contributed by atoms with Gasteiger partial charge in [-0.1, -0.05) is 27.7 Å². The lowest BCUT2D eigenvalue weighted by Crippen LogP contribution is -2.54. The smallest absolute Gasteiger partial charge is 0.227 e. The van der Waals surface area contributed by atoms with Crippen molar-refractivity contribution in [3.05, 3.63) is 0 Å². The third-order valence-electron chi connectivity index (χ3n) is 5.21. The Morgan fingerprint density at radius 3 is 2.14 bits per heavy atom. The summed E-state index contributed by atoms with van der Waals surface area (Å²) in [5.74, 6) is 0.145. The minimum absolute atomic E-state index is 0.145. The van der Waals surface area contributed by atoms with Gasteiger partial charge in [0.15, 0.2) is 0 Å². The molecule has 0 aromatic heterocycles. The molecule has 0 bridgehead atoms. The van der Waals surface area contributed by atoms with Gasteiger partial charge < -0.3 is 15.8 Å². The number of nitrogens with two attached hydrogens (primary N) is 1. The molecule has 0 atom stereocenters. The first kappa shape index (κ1) is 16.8. The normalized spacial score (nSPS) is 28.0. The predicted molar refractivity (Wildman–Crippen MR) is 84.9 cm³/mol.